The molecule has 1 aliphatic rings. The van der Waals surface area contributed by atoms with E-state index in [9.17, 15) is 4.79 Å². The third-order valence-corrected chi connectivity index (χ3v) is 5.24. The van der Waals surface area contributed by atoms with Crippen LogP contribution in [0.15, 0.2) is 46.9 Å². The first-order valence-electron chi connectivity index (χ1n) is 8.82. The van der Waals surface area contributed by atoms with Crippen LogP contribution in [0.5, 0.6) is 11.5 Å². The smallest absolute Gasteiger partial charge is 0.290 e. The van der Waals surface area contributed by atoms with Gasteiger partial charge in [-0.05, 0) is 49.2 Å². The Morgan fingerprint density at radius 3 is 2.78 bits per heavy atom. The van der Waals surface area contributed by atoms with Gasteiger partial charge in [0.05, 0.1) is 20.3 Å². The van der Waals surface area contributed by atoms with E-state index in [1.807, 2.05) is 23.1 Å². The molecule has 6 heteroatoms. The van der Waals surface area contributed by atoms with Gasteiger partial charge < -0.3 is 18.8 Å². The summed E-state index contributed by atoms with van der Waals surface area (Å²) in [5.74, 6) is 1.64. The van der Waals surface area contributed by atoms with Gasteiger partial charge in [-0.1, -0.05) is 11.6 Å². The number of likely N-dealkylation sites (tertiary alicyclic amines) is 1. The predicted molar refractivity (Wildman–Crippen MR) is 104 cm³/mol. The van der Waals surface area contributed by atoms with E-state index in [0.717, 1.165) is 35.3 Å². The van der Waals surface area contributed by atoms with Crippen LogP contribution >= 0.6 is 11.6 Å². The normalized spacial score (nSPS) is 16.7. The summed E-state index contributed by atoms with van der Waals surface area (Å²) >= 11 is 6.03. The van der Waals surface area contributed by atoms with Gasteiger partial charge in [-0.3, -0.25) is 4.79 Å². The van der Waals surface area contributed by atoms with E-state index in [2.05, 4.69) is 0 Å². The molecule has 2 aromatic carbocycles. The molecular formula is C21H20ClNO4. The number of carbonyl (C=O) groups is 1. The number of hydrogen-bond donors (Lipinski definition) is 0. The summed E-state index contributed by atoms with van der Waals surface area (Å²) in [7, 11) is 3.25. The monoisotopic (exact) mass is 385 g/mol. The molecule has 5 nitrogen and oxygen atoms in total. The van der Waals surface area contributed by atoms with E-state index in [4.69, 9.17) is 25.5 Å². The fourth-order valence-corrected chi connectivity index (χ4v) is 3.87. The molecule has 0 aliphatic carbocycles. The van der Waals surface area contributed by atoms with Crippen molar-refractivity contribution < 1.29 is 18.7 Å². The van der Waals surface area contributed by atoms with Crippen LogP contribution in [0.4, 0.5) is 0 Å². The van der Waals surface area contributed by atoms with Crippen LogP contribution < -0.4 is 9.47 Å². The number of rotatable bonds is 4. The maximum atomic E-state index is 13.1. The van der Waals surface area contributed by atoms with Crippen molar-refractivity contribution >= 4 is 28.5 Å². The predicted octanol–water partition coefficient (Wildman–Crippen LogP) is 5.08. The molecule has 2 heterocycles. The fraction of sp³-hybridized carbons (Fsp3) is 0.286. The molecule has 0 radical (unpaired) electrons. The lowest BCUT2D eigenvalue weighted by Crippen LogP contribution is -2.30. The van der Waals surface area contributed by atoms with Crippen LogP contribution in [-0.4, -0.2) is 31.6 Å². The number of methoxy groups -OCH3 is 2. The highest BCUT2D eigenvalue weighted by atomic mass is 35.5. The van der Waals surface area contributed by atoms with Gasteiger partial charge in [-0.25, -0.2) is 0 Å². The molecule has 0 N–H and O–H groups in total. The molecule has 1 atom stereocenters. The molecule has 1 unspecified atom stereocenters. The van der Waals surface area contributed by atoms with Crippen molar-refractivity contribution in [2.24, 2.45) is 0 Å². The first-order valence-corrected chi connectivity index (χ1v) is 9.20. The van der Waals surface area contributed by atoms with E-state index in [-0.39, 0.29) is 11.9 Å². The number of furan rings is 1. The molecule has 1 aromatic heterocycles. The van der Waals surface area contributed by atoms with E-state index in [1.165, 1.54) is 0 Å². The second-order valence-corrected chi connectivity index (χ2v) is 6.99. The highest BCUT2D eigenvalue weighted by molar-refractivity contribution is 6.31. The highest BCUT2D eigenvalue weighted by Gasteiger charge is 2.34. The molecule has 1 aliphatic heterocycles. The SMILES string of the molecule is COc1ccc(C2CCCN2C(=O)c2cc3cc(Cl)ccc3o2)c(OC)c1. The molecular weight excluding hydrogens is 366 g/mol. The Morgan fingerprint density at radius 2 is 2.00 bits per heavy atom. The Hall–Kier alpha value is -2.66. The lowest BCUT2D eigenvalue weighted by Gasteiger charge is -2.25. The van der Waals surface area contributed by atoms with Crippen molar-refractivity contribution in [3.63, 3.8) is 0 Å². The van der Waals surface area contributed by atoms with E-state index in [1.54, 1.807) is 38.5 Å². The second-order valence-electron chi connectivity index (χ2n) is 6.56. The Labute approximate surface area is 162 Å². The third-order valence-electron chi connectivity index (χ3n) is 5.00. The van der Waals surface area contributed by atoms with Gasteiger partial charge in [0.25, 0.3) is 5.91 Å². The Morgan fingerprint density at radius 1 is 1.15 bits per heavy atom. The Bertz CT molecular complexity index is 997. The van der Waals surface area contributed by atoms with Crippen LogP contribution in [0.2, 0.25) is 5.02 Å². The number of ether oxygens (including phenoxy) is 2. The maximum Gasteiger partial charge on any atom is 0.290 e. The highest BCUT2D eigenvalue weighted by Crippen LogP contribution is 2.39. The number of amides is 1. The number of benzene rings is 2. The fourth-order valence-electron chi connectivity index (χ4n) is 3.69. The van der Waals surface area contributed by atoms with Crippen molar-refractivity contribution in [1.29, 1.82) is 0 Å². The maximum absolute atomic E-state index is 13.1. The Kier molecular flexibility index (Phi) is 4.70. The number of halogens is 1. The first kappa shape index (κ1) is 17.7. The van der Waals surface area contributed by atoms with Crippen LogP contribution in [0.3, 0.4) is 0 Å². The summed E-state index contributed by atoms with van der Waals surface area (Å²) < 4.78 is 16.6. The molecule has 4 rings (SSSR count). The largest absolute Gasteiger partial charge is 0.497 e. The topological polar surface area (TPSA) is 51.9 Å². The molecule has 140 valence electrons. The lowest BCUT2D eigenvalue weighted by molar-refractivity contribution is 0.0704. The zero-order chi connectivity index (χ0) is 19.0. The molecule has 0 spiro atoms. The molecule has 27 heavy (non-hydrogen) atoms. The van der Waals surface area contributed by atoms with E-state index >= 15 is 0 Å². The van der Waals surface area contributed by atoms with Crippen molar-refractivity contribution in [3.05, 3.63) is 58.8 Å². The van der Waals surface area contributed by atoms with Crippen molar-refractivity contribution in [2.75, 3.05) is 20.8 Å². The number of fused-ring (bicyclic) bond motifs is 1. The van der Waals surface area contributed by atoms with Crippen molar-refractivity contribution in [2.45, 2.75) is 18.9 Å². The minimum absolute atomic E-state index is 0.0600. The number of carbonyl (C=O) groups excluding carboxylic acids is 1. The summed E-state index contributed by atoms with van der Waals surface area (Å²) in [6.07, 6.45) is 1.80. The molecule has 0 bridgehead atoms. The summed E-state index contributed by atoms with van der Waals surface area (Å²) in [6, 6.07) is 12.7. The average molecular weight is 386 g/mol. The van der Waals surface area contributed by atoms with Crippen LogP contribution in [0, 0.1) is 0 Å². The van der Waals surface area contributed by atoms with Gasteiger partial charge in [0.1, 0.15) is 17.1 Å². The van der Waals surface area contributed by atoms with E-state index in [0.29, 0.717) is 22.9 Å². The molecule has 1 saturated heterocycles. The summed E-state index contributed by atoms with van der Waals surface area (Å²) in [5, 5.41) is 1.44. The lowest BCUT2D eigenvalue weighted by atomic mass is 10.0. The zero-order valence-electron chi connectivity index (χ0n) is 15.2. The van der Waals surface area contributed by atoms with Crippen LogP contribution in [0.1, 0.15) is 35.0 Å². The van der Waals surface area contributed by atoms with Crippen LogP contribution in [-0.2, 0) is 0 Å². The van der Waals surface area contributed by atoms with Gasteiger partial charge in [-0.2, -0.15) is 0 Å². The number of hydrogen-bond acceptors (Lipinski definition) is 4. The minimum atomic E-state index is -0.123. The van der Waals surface area contributed by atoms with Gasteiger partial charge >= 0.3 is 0 Å². The second kappa shape index (κ2) is 7.16. The Balaban J connectivity index is 1.67. The van der Waals surface area contributed by atoms with Gasteiger partial charge in [0.2, 0.25) is 0 Å². The summed E-state index contributed by atoms with van der Waals surface area (Å²) in [6.45, 7) is 0.677. The zero-order valence-corrected chi connectivity index (χ0v) is 16.0. The minimum Gasteiger partial charge on any atom is -0.497 e. The average Bonchev–Trinajstić information content (AvgIpc) is 3.33. The number of nitrogens with zero attached hydrogens (tertiary/aromatic N) is 1. The first-order chi connectivity index (χ1) is 13.1. The molecule has 1 amide bonds. The summed E-state index contributed by atoms with van der Waals surface area (Å²) in [4.78, 5) is 15.0. The third kappa shape index (κ3) is 3.23. The molecule has 0 saturated carbocycles. The quantitative estimate of drug-likeness (QED) is 0.628. The van der Waals surface area contributed by atoms with Gasteiger partial charge in [-0.15, -0.1) is 0 Å². The van der Waals surface area contributed by atoms with Crippen molar-refractivity contribution in [1.82, 2.24) is 4.90 Å². The molecule has 1 fully saturated rings. The van der Waals surface area contributed by atoms with Crippen LogP contribution in [0.25, 0.3) is 11.0 Å². The standard InChI is InChI=1S/C21H20ClNO4/c1-25-15-6-7-16(19(12-15)26-2)17-4-3-9-23(17)21(24)20-11-13-10-14(22)5-8-18(13)27-20/h5-8,10-12,17H,3-4,9H2,1-2H3. The molecule has 3 aromatic rings. The van der Waals surface area contributed by atoms with Gasteiger partial charge in [0, 0.05) is 28.6 Å². The summed E-state index contributed by atoms with van der Waals surface area (Å²) in [5.41, 5.74) is 1.63. The van der Waals surface area contributed by atoms with E-state index < -0.39 is 0 Å². The van der Waals surface area contributed by atoms with Gasteiger partial charge in [0.15, 0.2) is 5.76 Å². The van der Waals surface area contributed by atoms with Crippen molar-refractivity contribution in [3.8, 4) is 11.5 Å².